The molecule has 5 nitrogen and oxygen atoms in total. The van der Waals surface area contributed by atoms with Crippen LogP contribution in [0.25, 0.3) is 0 Å². The fraction of sp³-hybridized carbons (Fsp3) is 0.533. The number of benzene rings is 1. The van der Waals surface area contributed by atoms with E-state index in [4.69, 9.17) is 5.11 Å². The van der Waals surface area contributed by atoms with E-state index < -0.39 is 17.2 Å². The second-order valence-electron chi connectivity index (χ2n) is 5.98. The Morgan fingerprint density at radius 2 is 1.75 bits per heavy atom. The fourth-order valence-corrected chi connectivity index (χ4v) is 2.12. The van der Waals surface area contributed by atoms with Gasteiger partial charge in [-0.25, -0.2) is 4.79 Å². The first-order valence-corrected chi connectivity index (χ1v) is 6.54. The smallest absolute Gasteiger partial charge is 0.335 e. The summed E-state index contributed by atoms with van der Waals surface area (Å²) in [5, 5.41) is 38.7. The lowest BCUT2D eigenvalue weighted by atomic mass is 9.87. The molecule has 0 aliphatic carbocycles. The topological polar surface area (TPSA) is 98.0 Å². The van der Waals surface area contributed by atoms with Crippen LogP contribution in [0.4, 0.5) is 0 Å². The lowest BCUT2D eigenvalue weighted by Crippen LogP contribution is -2.24. The van der Waals surface area contributed by atoms with Gasteiger partial charge in [0.25, 0.3) is 0 Å². The van der Waals surface area contributed by atoms with Crippen LogP contribution >= 0.6 is 0 Å². The molecule has 0 saturated heterocycles. The van der Waals surface area contributed by atoms with Gasteiger partial charge in [0.1, 0.15) is 5.75 Å². The third kappa shape index (κ3) is 4.51. The van der Waals surface area contributed by atoms with E-state index in [1.807, 2.05) is 0 Å². The molecule has 0 spiro atoms. The monoisotopic (exact) mass is 282 g/mol. The Balaban J connectivity index is 2.84. The van der Waals surface area contributed by atoms with Crippen LogP contribution in [0.3, 0.4) is 0 Å². The molecule has 0 saturated carbocycles. The molecule has 0 heterocycles. The highest BCUT2D eigenvalue weighted by Crippen LogP contribution is 2.34. The summed E-state index contributed by atoms with van der Waals surface area (Å²) in [4.78, 5) is 10.8. The molecule has 112 valence electrons. The number of hydrogen-bond acceptors (Lipinski definition) is 4. The van der Waals surface area contributed by atoms with Crippen LogP contribution in [-0.2, 0) is 5.60 Å². The summed E-state index contributed by atoms with van der Waals surface area (Å²) in [6.45, 7) is 4.95. The first-order valence-electron chi connectivity index (χ1n) is 6.54. The molecule has 4 N–H and O–H groups in total. The van der Waals surface area contributed by atoms with Gasteiger partial charge in [-0.2, -0.15) is 0 Å². The predicted molar refractivity (Wildman–Crippen MR) is 74.8 cm³/mol. The number of carboxylic acids is 1. The molecule has 0 fully saturated rings. The number of aromatic hydroxyl groups is 1. The van der Waals surface area contributed by atoms with Crippen LogP contribution in [0, 0.1) is 0 Å². The maximum absolute atomic E-state index is 10.8. The van der Waals surface area contributed by atoms with Gasteiger partial charge in [0.2, 0.25) is 0 Å². The lowest BCUT2D eigenvalue weighted by Gasteiger charge is -2.26. The van der Waals surface area contributed by atoms with Crippen LogP contribution in [0.1, 0.15) is 56.0 Å². The van der Waals surface area contributed by atoms with Crippen molar-refractivity contribution < 1.29 is 25.2 Å². The largest absolute Gasteiger partial charge is 0.508 e. The number of carbonyl (C=O) groups is 1. The van der Waals surface area contributed by atoms with E-state index in [1.54, 1.807) is 20.8 Å². The molecule has 0 amide bonds. The summed E-state index contributed by atoms with van der Waals surface area (Å²) in [7, 11) is 0. The van der Waals surface area contributed by atoms with Gasteiger partial charge in [-0.15, -0.1) is 0 Å². The van der Waals surface area contributed by atoms with E-state index in [-0.39, 0.29) is 11.3 Å². The van der Waals surface area contributed by atoms with Crippen molar-refractivity contribution in [3.05, 3.63) is 29.3 Å². The highest BCUT2D eigenvalue weighted by molar-refractivity contribution is 5.88. The van der Waals surface area contributed by atoms with Gasteiger partial charge in [-0.05, 0) is 52.2 Å². The van der Waals surface area contributed by atoms with Crippen molar-refractivity contribution in [2.45, 2.75) is 51.2 Å². The number of aliphatic hydroxyl groups is 2. The Bertz CT molecular complexity index is 486. The molecular formula is C15H22O5. The molecule has 0 aromatic heterocycles. The highest BCUT2D eigenvalue weighted by Gasteiger charge is 2.27. The van der Waals surface area contributed by atoms with Crippen molar-refractivity contribution in [3.63, 3.8) is 0 Å². The molecule has 1 aromatic rings. The van der Waals surface area contributed by atoms with Crippen LogP contribution in [0.15, 0.2) is 18.2 Å². The highest BCUT2D eigenvalue weighted by atomic mass is 16.4. The van der Waals surface area contributed by atoms with Crippen LogP contribution in [0.2, 0.25) is 0 Å². The minimum atomic E-state index is -1.27. The second kappa shape index (κ2) is 5.81. The van der Waals surface area contributed by atoms with E-state index in [2.05, 4.69) is 0 Å². The van der Waals surface area contributed by atoms with Gasteiger partial charge in [-0.3, -0.25) is 0 Å². The molecule has 1 rings (SSSR count). The first-order chi connectivity index (χ1) is 9.03. The van der Waals surface area contributed by atoms with Gasteiger partial charge in [-0.1, -0.05) is 6.07 Å². The molecule has 0 radical (unpaired) electrons. The average molecular weight is 282 g/mol. The number of phenolic OH excluding ortho intramolecular Hbond substituents is 1. The minimum Gasteiger partial charge on any atom is -0.508 e. The molecule has 0 unspecified atom stereocenters. The Kier molecular flexibility index (Phi) is 4.78. The quantitative estimate of drug-likeness (QED) is 0.641. The first kappa shape index (κ1) is 16.5. The minimum absolute atomic E-state index is 0.0291. The molecule has 1 aromatic carbocycles. The average Bonchev–Trinajstić information content (AvgIpc) is 2.26. The van der Waals surface area contributed by atoms with Gasteiger partial charge < -0.3 is 20.4 Å². The third-order valence-electron chi connectivity index (χ3n) is 3.28. The van der Waals surface area contributed by atoms with Crippen LogP contribution < -0.4 is 0 Å². The molecule has 0 aliphatic heterocycles. The Labute approximate surface area is 118 Å². The van der Waals surface area contributed by atoms with E-state index in [0.29, 0.717) is 24.8 Å². The molecule has 0 bridgehead atoms. The summed E-state index contributed by atoms with van der Waals surface area (Å²) in [6.07, 6.45) is 1.46. The lowest BCUT2D eigenvalue weighted by molar-refractivity contribution is 0.0255. The second-order valence-corrected chi connectivity index (χ2v) is 5.98. The summed E-state index contributed by atoms with van der Waals surface area (Å²) >= 11 is 0. The van der Waals surface area contributed by atoms with Gasteiger partial charge >= 0.3 is 5.97 Å². The SMILES string of the molecule is CC(C)(O)CCC[C@](C)(O)c1ccc(C(=O)O)cc1O. The molecule has 20 heavy (non-hydrogen) atoms. The number of rotatable bonds is 6. The molecule has 1 atom stereocenters. The van der Waals surface area contributed by atoms with Gasteiger partial charge in [0, 0.05) is 5.56 Å². The summed E-state index contributed by atoms with van der Waals surface area (Å²) in [5.74, 6) is -1.37. The fourth-order valence-electron chi connectivity index (χ4n) is 2.12. The van der Waals surface area contributed by atoms with Crippen molar-refractivity contribution in [1.29, 1.82) is 0 Å². The number of hydrogen-bond donors (Lipinski definition) is 4. The van der Waals surface area contributed by atoms with Crippen molar-refractivity contribution in [2.75, 3.05) is 0 Å². The predicted octanol–water partition coefficient (Wildman–Crippen LogP) is 2.24. The Morgan fingerprint density at radius 1 is 1.15 bits per heavy atom. The van der Waals surface area contributed by atoms with Crippen LogP contribution in [-0.4, -0.2) is 32.0 Å². The zero-order valence-corrected chi connectivity index (χ0v) is 12.1. The zero-order valence-electron chi connectivity index (χ0n) is 12.1. The summed E-state index contributed by atoms with van der Waals surface area (Å²) in [5.41, 5.74) is -1.81. The van der Waals surface area contributed by atoms with Crippen molar-refractivity contribution >= 4 is 5.97 Å². The van der Waals surface area contributed by atoms with E-state index >= 15 is 0 Å². The normalized spacial score (nSPS) is 14.8. The maximum Gasteiger partial charge on any atom is 0.335 e. The third-order valence-corrected chi connectivity index (χ3v) is 3.28. The number of aromatic carboxylic acids is 1. The number of carboxylic acid groups (broad SMARTS) is 1. The van der Waals surface area contributed by atoms with E-state index in [0.717, 1.165) is 6.07 Å². The van der Waals surface area contributed by atoms with Crippen molar-refractivity contribution in [1.82, 2.24) is 0 Å². The van der Waals surface area contributed by atoms with Crippen LogP contribution in [0.5, 0.6) is 5.75 Å². The zero-order chi connectivity index (χ0) is 15.6. The molecule has 5 heteroatoms. The molecular weight excluding hydrogens is 260 g/mol. The molecule has 0 aliphatic rings. The van der Waals surface area contributed by atoms with Crippen molar-refractivity contribution in [3.8, 4) is 5.75 Å². The summed E-state index contributed by atoms with van der Waals surface area (Å²) < 4.78 is 0. The number of phenols is 1. The van der Waals surface area contributed by atoms with E-state index in [1.165, 1.54) is 12.1 Å². The van der Waals surface area contributed by atoms with Gasteiger partial charge in [0.05, 0.1) is 16.8 Å². The summed E-state index contributed by atoms with van der Waals surface area (Å²) in [6, 6.07) is 3.90. The van der Waals surface area contributed by atoms with Gasteiger partial charge in [0.15, 0.2) is 0 Å². The maximum atomic E-state index is 10.8. The standard InChI is InChI=1S/C15H22O5/c1-14(2,19)7-4-8-15(3,20)11-6-5-10(13(17)18)9-12(11)16/h5-6,9,16,19-20H,4,7-8H2,1-3H3,(H,17,18)/t15-/m0/s1. The Morgan fingerprint density at radius 3 is 2.20 bits per heavy atom. The Hall–Kier alpha value is -1.59. The van der Waals surface area contributed by atoms with E-state index in [9.17, 15) is 20.1 Å². The van der Waals surface area contributed by atoms with Crippen molar-refractivity contribution in [2.24, 2.45) is 0 Å².